The maximum Gasteiger partial charge on any atom is 0.197 e. The molecule has 0 saturated heterocycles. The van der Waals surface area contributed by atoms with Crippen LogP contribution in [0.3, 0.4) is 0 Å². The first-order valence-electron chi connectivity index (χ1n) is 4.96. The van der Waals surface area contributed by atoms with Gasteiger partial charge in [0.25, 0.3) is 0 Å². The number of benzene rings is 1. The second kappa shape index (κ2) is 5.18. The lowest BCUT2D eigenvalue weighted by atomic mass is 10.0. The average molecular weight is 302 g/mol. The summed E-state index contributed by atoms with van der Waals surface area (Å²) < 4.78 is 5.88. The first-order valence-corrected chi connectivity index (χ1v) is 6.53. The van der Waals surface area contributed by atoms with Gasteiger partial charge in [-0.3, -0.25) is 4.79 Å². The van der Waals surface area contributed by atoms with Crippen LogP contribution in [0.25, 0.3) is 0 Å². The second-order valence-electron chi connectivity index (χ2n) is 3.52. The summed E-state index contributed by atoms with van der Waals surface area (Å²) in [6.07, 6.45) is 0. The summed E-state index contributed by atoms with van der Waals surface area (Å²) in [4.78, 5) is 12.3. The molecule has 0 aliphatic heterocycles. The predicted octanol–water partition coefficient (Wildman–Crippen LogP) is 3.88. The van der Waals surface area contributed by atoms with E-state index in [2.05, 4.69) is 0 Å². The fourth-order valence-corrected chi connectivity index (χ4v) is 2.96. The van der Waals surface area contributed by atoms with E-state index in [-0.39, 0.29) is 5.78 Å². The Labute approximate surface area is 118 Å². The summed E-state index contributed by atoms with van der Waals surface area (Å²) in [5.74, 6) is 0.296. The number of hydrogen-bond donors (Lipinski definition) is 1. The normalized spacial score (nSPS) is 10.4. The molecule has 0 amide bonds. The van der Waals surface area contributed by atoms with Crippen molar-refractivity contribution in [3.05, 3.63) is 44.1 Å². The minimum absolute atomic E-state index is 0.264. The minimum Gasteiger partial charge on any atom is -0.497 e. The highest BCUT2D eigenvalue weighted by atomic mass is 35.5. The van der Waals surface area contributed by atoms with E-state index in [0.717, 1.165) is 11.3 Å². The Kier molecular flexibility index (Phi) is 3.80. The van der Waals surface area contributed by atoms with Crippen LogP contribution in [0.5, 0.6) is 5.75 Å². The second-order valence-corrected chi connectivity index (χ2v) is 5.81. The highest BCUT2D eigenvalue weighted by molar-refractivity contribution is 7.20. The topological polar surface area (TPSA) is 52.3 Å². The number of ketones is 1. The highest BCUT2D eigenvalue weighted by Crippen LogP contribution is 2.34. The van der Waals surface area contributed by atoms with Gasteiger partial charge in [-0.25, -0.2) is 0 Å². The molecule has 94 valence electrons. The quantitative estimate of drug-likeness (QED) is 0.691. The van der Waals surface area contributed by atoms with Gasteiger partial charge in [0.1, 0.15) is 10.1 Å². The molecule has 6 heteroatoms. The summed E-state index contributed by atoms with van der Waals surface area (Å²) in [6, 6.07) is 6.43. The van der Waals surface area contributed by atoms with Crippen molar-refractivity contribution in [2.24, 2.45) is 0 Å². The molecule has 0 unspecified atom stereocenters. The van der Waals surface area contributed by atoms with Crippen LogP contribution in [-0.4, -0.2) is 12.9 Å². The molecule has 0 fully saturated rings. The number of ether oxygens (including phenoxy) is 1. The van der Waals surface area contributed by atoms with Crippen molar-refractivity contribution in [2.45, 2.75) is 0 Å². The molecule has 3 nitrogen and oxygen atoms in total. The maximum absolute atomic E-state index is 12.3. The van der Waals surface area contributed by atoms with Crippen molar-refractivity contribution in [1.29, 1.82) is 0 Å². The molecule has 0 spiro atoms. The van der Waals surface area contributed by atoms with Crippen LogP contribution in [0.4, 0.5) is 5.69 Å². The van der Waals surface area contributed by atoms with Gasteiger partial charge in [0.15, 0.2) is 5.78 Å². The number of rotatable bonds is 3. The molecule has 2 N–H and O–H groups in total. The molecule has 18 heavy (non-hydrogen) atoms. The summed E-state index contributed by atoms with van der Waals surface area (Å²) in [7, 11) is 1.52. The van der Waals surface area contributed by atoms with Gasteiger partial charge in [-0.05, 0) is 24.3 Å². The van der Waals surface area contributed by atoms with Gasteiger partial charge in [-0.15, -0.1) is 11.3 Å². The SMILES string of the molecule is COc1ccc(N)c(C(=O)c2cc(Cl)sc2Cl)c1. The van der Waals surface area contributed by atoms with Crippen molar-refractivity contribution in [1.82, 2.24) is 0 Å². The van der Waals surface area contributed by atoms with Crippen molar-refractivity contribution in [3.8, 4) is 5.75 Å². The number of carbonyl (C=O) groups excluding carboxylic acids is 1. The molecule has 1 aromatic heterocycles. The van der Waals surface area contributed by atoms with Crippen LogP contribution in [-0.2, 0) is 0 Å². The maximum atomic E-state index is 12.3. The van der Waals surface area contributed by atoms with E-state index >= 15 is 0 Å². The molecule has 0 aliphatic carbocycles. The summed E-state index contributed by atoms with van der Waals surface area (Å²) >= 11 is 12.9. The number of nitrogen functional groups attached to an aromatic ring is 1. The first-order chi connectivity index (χ1) is 8.52. The van der Waals surface area contributed by atoms with E-state index < -0.39 is 0 Å². The lowest BCUT2D eigenvalue weighted by molar-refractivity contribution is 0.104. The first kappa shape index (κ1) is 13.2. The van der Waals surface area contributed by atoms with Crippen LogP contribution >= 0.6 is 34.5 Å². The van der Waals surface area contributed by atoms with Crippen molar-refractivity contribution >= 4 is 46.0 Å². The standard InChI is InChI=1S/C12H9Cl2NO2S/c1-17-6-2-3-9(15)7(4-6)11(16)8-5-10(13)18-12(8)14/h2-5H,15H2,1H3. The third kappa shape index (κ3) is 2.46. The Hall–Kier alpha value is -1.23. The summed E-state index contributed by atoms with van der Waals surface area (Å²) in [5, 5.41) is 0. The molecule has 2 aromatic rings. The molecule has 0 bridgehead atoms. The zero-order chi connectivity index (χ0) is 13.3. The van der Waals surface area contributed by atoms with Crippen LogP contribution in [0, 0.1) is 0 Å². The van der Waals surface area contributed by atoms with E-state index in [4.69, 9.17) is 33.7 Å². The van der Waals surface area contributed by atoms with Gasteiger partial charge in [0.05, 0.1) is 17.0 Å². The third-order valence-corrected chi connectivity index (χ3v) is 3.89. The molecule has 0 radical (unpaired) electrons. The molecular weight excluding hydrogens is 293 g/mol. The third-order valence-electron chi connectivity index (χ3n) is 2.41. The van der Waals surface area contributed by atoms with E-state index in [1.807, 2.05) is 0 Å². The number of hydrogen-bond acceptors (Lipinski definition) is 4. The highest BCUT2D eigenvalue weighted by Gasteiger charge is 2.18. The molecular formula is C12H9Cl2NO2S. The molecule has 0 saturated carbocycles. The van der Waals surface area contributed by atoms with Gasteiger partial charge in [-0.2, -0.15) is 0 Å². The van der Waals surface area contributed by atoms with Gasteiger partial charge in [0.2, 0.25) is 0 Å². The zero-order valence-electron chi connectivity index (χ0n) is 9.37. The molecule has 1 aromatic carbocycles. The van der Waals surface area contributed by atoms with Gasteiger partial charge in [-0.1, -0.05) is 23.2 Å². The summed E-state index contributed by atoms with van der Waals surface area (Å²) in [6.45, 7) is 0. The number of methoxy groups -OCH3 is 1. The molecule has 0 aliphatic rings. The van der Waals surface area contributed by atoms with E-state index in [1.54, 1.807) is 18.2 Å². The largest absolute Gasteiger partial charge is 0.497 e. The average Bonchev–Trinajstić information content (AvgIpc) is 2.68. The van der Waals surface area contributed by atoms with E-state index in [0.29, 0.717) is 31.2 Å². The molecule has 2 rings (SSSR count). The zero-order valence-corrected chi connectivity index (χ0v) is 11.7. The number of halogens is 2. The van der Waals surface area contributed by atoms with Crippen LogP contribution in [0.1, 0.15) is 15.9 Å². The Morgan fingerprint density at radius 1 is 1.28 bits per heavy atom. The smallest absolute Gasteiger partial charge is 0.197 e. The van der Waals surface area contributed by atoms with Gasteiger partial charge >= 0.3 is 0 Å². The Morgan fingerprint density at radius 3 is 2.56 bits per heavy atom. The Morgan fingerprint density at radius 2 is 2.00 bits per heavy atom. The Balaban J connectivity index is 2.48. The number of anilines is 1. The lowest BCUT2D eigenvalue weighted by Gasteiger charge is -2.06. The van der Waals surface area contributed by atoms with Crippen molar-refractivity contribution < 1.29 is 9.53 Å². The fraction of sp³-hybridized carbons (Fsp3) is 0.0833. The number of nitrogens with two attached hydrogens (primary N) is 1. The van der Waals surface area contributed by atoms with Crippen LogP contribution < -0.4 is 10.5 Å². The van der Waals surface area contributed by atoms with Gasteiger partial charge in [0, 0.05) is 11.3 Å². The van der Waals surface area contributed by atoms with Gasteiger partial charge < -0.3 is 10.5 Å². The lowest BCUT2D eigenvalue weighted by Crippen LogP contribution is -2.05. The monoisotopic (exact) mass is 301 g/mol. The van der Waals surface area contributed by atoms with Crippen LogP contribution in [0.15, 0.2) is 24.3 Å². The predicted molar refractivity (Wildman–Crippen MR) is 75.2 cm³/mol. The van der Waals surface area contributed by atoms with E-state index in [1.165, 1.54) is 13.2 Å². The fourth-order valence-electron chi connectivity index (χ4n) is 1.50. The van der Waals surface area contributed by atoms with Crippen molar-refractivity contribution in [2.75, 3.05) is 12.8 Å². The van der Waals surface area contributed by atoms with Crippen LogP contribution in [0.2, 0.25) is 8.67 Å². The number of thiophene rings is 1. The molecule has 0 atom stereocenters. The van der Waals surface area contributed by atoms with E-state index in [9.17, 15) is 4.79 Å². The Bertz CT molecular complexity index is 610. The van der Waals surface area contributed by atoms with Crippen molar-refractivity contribution in [3.63, 3.8) is 0 Å². The summed E-state index contributed by atoms with van der Waals surface area (Å²) in [5.41, 5.74) is 6.87. The number of carbonyl (C=O) groups is 1. The molecule has 1 heterocycles. The minimum atomic E-state index is -0.264.